The zero-order valence-electron chi connectivity index (χ0n) is 16.1. The van der Waals surface area contributed by atoms with Crippen LogP contribution < -0.4 is 4.74 Å². The Balaban J connectivity index is 3.53. The number of para-hydroxylation sites is 1. The molecule has 0 aliphatic rings. The lowest BCUT2D eigenvalue weighted by molar-refractivity contribution is -0.444. The number of hydrogen-bond acceptors (Lipinski definition) is 3. The highest BCUT2D eigenvalue weighted by atomic mass is 19.4. The smallest absolute Gasteiger partial charge is 0.426 e. The first-order chi connectivity index (χ1) is 14.5. The van der Waals surface area contributed by atoms with Crippen LogP contribution >= 0.6 is 0 Å². The van der Waals surface area contributed by atoms with E-state index < -0.39 is 65.1 Å². The summed E-state index contributed by atoms with van der Waals surface area (Å²) in [6.07, 6.45) is -10.5. The van der Waals surface area contributed by atoms with Crippen molar-refractivity contribution in [1.29, 1.82) is 0 Å². The Morgan fingerprint density at radius 2 is 1.21 bits per heavy atom. The van der Waals surface area contributed by atoms with Crippen molar-refractivity contribution in [2.75, 3.05) is 0 Å². The fourth-order valence-corrected chi connectivity index (χ4v) is 2.51. The van der Waals surface area contributed by atoms with E-state index in [0.717, 1.165) is 25.1 Å². The molecule has 16 heteroatoms. The molecule has 0 heterocycles. The SMILES string of the molecule is CC(=O)Oc1ccccc1C(O)C(C)C(F)(F)C(F)(F)C(F)(F)C(F)(F)C(F)(F)C(F)(F)F. The van der Waals surface area contributed by atoms with Crippen LogP contribution in [0.15, 0.2) is 24.3 Å². The summed E-state index contributed by atoms with van der Waals surface area (Å²) in [5.41, 5.74) is -0.911. The number of rotatable bonds is 8. The number of alkyl halides is 13. The fraction of sp³-hybridized carbons (Fsp3) is 0.588. The summed E-state index contributed by atoms with van der Waals surface area (Å²) in [7, 11) is 0. The molecule has 2 unspecified atom stereocenters. The standard InChI is InChI=1S/C17H13F13O3/c1-7(11(32)9-5-3-4-6-10(9)33-8(2)31)12(18,19)13(20,21)14(22,23)15(24,25)16(26,27)17(28,29)30/h3-7,11,32H,1-2H3. The van der Waals surface area contributed by atoms with Gasteiger partial charge in [-0.1, -0.05) is 25.1 Å². The zero-order valence-corrected chi connectivity index (χ0v) is 16.1. The molecular weight excluding hydrogens is 499 g/mol. The predicted octanol–water partition coefficient (Wildman–Crippen LogP) is 6.02. The highest BCUT2D eigenvalue weighted by Crippen LogP contribution is 2.62. The first-order valence-electron chi connectivity index (χ1n) is 8.39. The van der Waals surface area contributed by atoms with Crippen molar-refractivity contribution in [2.45, 2.75) is 55.7 Å². The third-order valence-corrected chi connectivity index (χ3v) is 4.49. The predicted molar refractivity (Wildman–Crippen MR) is 82.7 cm³/mol. The number of esters is 1. The molecule has 0 radical (unpaired) electrons. The molecule has 0 bridgehead atoms. The van der Waals surface area contributed by atoms with E-state index in [1.807, 2.05) is 0 Å². The van der Waals surface area contributed by atoms with E-state index in [4.69, 9.17) is 0 Å². The Kier molecular flexibility index (Phi) is 7.42. The second kappa shape index (κ2) is 8.51. The largest absolute Gasteiger partial charge is 0.460 e. The fourth-order valence-electron chi connectivity index (χ4n) is 2.51. The van der Waals surface area contributed by atoms with Gasteiger partial charge in [0.2, 0.25) is 0 Å². The van der Waals surface area contributed by atoms with E-state index in [1.165, 1.54) is 0 Å². The van der Waals surface area contributed by atoms with Crippen molar-refractivity contribution >= 4 is 5.97 Å². The summed E-state index contributed by atoms with van der Waals surface area (Å²) in [6.45, 7) is 0.679. The van der Waals surface area contributed by atoms with Crippen LogP contribution in [0.25, 0.3) is 0 Å². The van der Waals surface area contributed by atoms with Gasteiger partial charge >= 0.3 is 41.8 Å². The first-order valence-corrected chi connectivity index (χ1v) is 8.39. The third-order valence-electron chi connectivity index (χ3n) is 4.49. The average molecular weight is 512 g/mol. The summed E-state index contributed by atoms with van der Waals surface area (Å²) >= 11 is 0. The maximum atomic E-state index is 14.3. The molecule has 0 amide bonds. The molecule has 1 aromatic carbocycles. The maximum Gasteiger partial charge on any atom is 0.460 e. The third kappa shape index (κ3) is 4.45. The maximum absolute atomic E-state index is 14.3. The minimum absolute atomic E-state index is 0.0980. The van der Waals surface area contributed by atoms with Gasteiger partial charge in [-0.3, -0.25) is 4.79 Å². The van der Waals surface area contributed by atoms with Crippen LogP contribution in [0.4, 0.5) is 57.1 Å². The van der Waals surface area contributed by atoms with Crippen molar-refractivity contribution in [1.82, 2.24) is 0 Å². The van der Waals surface area contributed by atoms with Crippen molar-refractivity contribution in [3.8, 4) is 5.75 Å². The van der Waals surface area contributed by atoms with E-state index in [9.17, 15) is 67.0 Å². The van der Waals surface area contributed by atoms with Gasteiger partial charge in [-0.05, 0) is 6.07 Å². The molecule has 2 atom stereocenters. The van der Waals surface area contributed by atoms with Crippen LogP contribution in [-0.2, 0) is 4.79 Å². The average Bonchev–Trinajstić information content (AvgIpc) is 2.65. The van der Waals surface area contributed by atoms with Crippen molar-refractivity contribution in [3.63, 3.8) is 0 Å². The van der Waals surface area contributed by atoms with Crippen LogP contribution in [-0.4, -0.2) is 46.9 Å². The van der Waals surface area contributed by atoms with Crippen LogP contribution in [0.2, 0.25) is 0 Å². The number of aliphatic hydroxyl groups excluding tert-OH is 1. The van der Waals surface area contributed by atoms with E-state index in [-0.39, 0.29) is 6.92 Å². The lowest BCUT2D eigenvalue weighted by atomic mass is 9.83. The first kappa shape index (κ1) is 28.8. The normalized spacial score (nSPS) is 16.4. The molecule has 0 aliphatic heterocycles. The molecule has 0 fully saturated rings. The molecule has 3 nitrogen and oxygen atoms in total. The van der Waals surface area contributed by atoms with Gasteiger partial charge in [0.1, 0.15) is 5.75 Å². The number of aliphatic hydroxyl groups is 1. The van der Waals surface area contributed by atoms with Gasteiger partial charge in [0.25, 0.3) is 0 Å². The van der Waals surface area contributed by atoms with Crippen molar-refractivity contribution in [2.24, 2.45) is 5.92 Å². The summed E-state index contributed by atoms with van der Waals surface area (Å²) in [5, 5.41) is 9.97. The summed E-state index contributed by atoms with van der Waals surface area (Å²) < 4.78 is 177. The highest BCUT2D eigenvalue weighted by Gasteiger charge is 2.91. The Morgan fingerprint density at radius 3 is 1.64 bits per heavy atom. The molecule has 0 saturated carbocycles. The Labute approximate surface area is 176 Å². The molecular formula is C17H13F13O3. The Bertz CT molecular complexity index is 864. The molecule has 0 aliphatic carbocycles. The minimum atomic E-state index is -8.04. The van der Waals surface area contributed by atoms with Crippen molar-refractivity contribution < 1.29 is 71.7 Å². The van der Waals surface area contributed by atoms with Crippen LogP contribution in [0, 0.1) is 5.92 Å². The van der Waals surface area contributed by atoms with E-state index in [0.29, 0.717) is 6.07 Å². The molecule has 1 N–H and O–H groups in total. The molecule has 0 spiro atoms. The van der Waals surface area contributed by atoms with E-state index >= 15 is 0 Å². The summed E-state index contributed by atoms with van der Waals surface area (Å²) in [5.74, 6) is -43.3. The lowest BCUT2D eigenvalue weighted by Gasteiger charge is -2.42. The van der Waals surface area contributed by atoms with Gasteiger partial charge < -0.3 is 9.84 Å². The molecule has 190 valence electrons. The molecule has 1 aromatic rings. The Hall–Kier alpha value is -2.26. The number of ether oxygens (including phenoxy) is 1. The minimum Gasteiger partial charge on any atom is -0.426 e. The van der Waals surface area contributed by atoms with Gasteiger partial charge in [-0.2, -0.15) is 57.1 Å². The second-order valence-corrected chi connectivity index (χ2v) is 6.78. The van der Waals surface area contributed by atoms with E-state index in [2.05, 4.69) is 4.74 Å². The summed E-state index contributed by atoms with van der Waals surface area (Å²) in [4.78, 5) is 11.0. The van der Waals surface area contributed by atoms with Gasteiger partial charge in [0.05, 0.1) is 12.0 Å². The topological polar surface area (TPSA) is 46.5 Å². The van der Waals surface area contributed by atoms with Gasteiger partial charge in [-0.25, -0.2) is 0 Å². The summed E-state index contributed by atoms with van der Waals surface area (Å²) in [6, 6.07) is 3.55. The van der Waals surface area contributed by atoms with Gasteiger partial charge in [0.15, 0.2) is 0 Å². The second-order valence-electron chi connectivity index (χ2n) is 6.78. The monoisotopic (exact) mass is 512 g/mol. The molecule has 0 saturated heterocycles. The lowest BCUT2D eigenvalue weighted by Crippen LogP contribution is -2.71. The molecule has 33 heavy (non-hydrogen) atoms. The van der Waals surface area contributed by atoms with Crippen LogP contribution in [0.1, 0.15) is 25.5 Å². The van der Waals surface area contributed by atoms with Crippen molar-refractivity contribution in [3.05, 3.63) is 29.8 Å². The number of carbonyl (C=O) groups is 1. The number of benzene rings is 1. The number of halogens is 13. The number of carbonyl (C=O) groups excluding carboxylic acids is 1. The molecule has 0 aromatic heterocycles. The highest BCUT2D eigenvalue weighted by molar-refractivity contribution is 5.69. The van der Waals surface area contributed by atoms with Crippen LogP contribution in [0.5, 0.6) is 5.75 Å². The Morgan fingerprint density at radius 1 is 0.788 bits per heavy atom. The zero-order chi connectivity index (χ0) is 26.4. The quantitative estimate of drug-likeness (QED) is 0.263. The van der Waals surface area contributed by atoms with Gasteiger partial charge in [-0.15, -0.1) is 0 Å². The molecule has 1 rings (SSSR count). The van der Waals surface area contributed by atoms with E-state index in [1.54, 1.807) is 0 Å². The van der Waals surface area contributed by atoms with Crippen LogP contribution in [0.3, 0.4) is 0 Å². The number of hydrogen-bond donors (Lipinski definition) is 1. The van der Waals surface area contributed by atoms with Gasteiger partial charge in [0, 0.05) is 12.5 Å².